The van der Waals surface area contributed by atoms with Crippen LogP contribution in [-0.2, 0) is 25.7 Å². The van der Waals surface area contributed by atoms with Crippen LogP contribution in [-0.4, -0.2) is 57.5 Å². The normalized spacial score (nSPS) is 19.1. The number of carbonyl (C=O) groups excluding carboxylic acids is 3. The number of ether oxygens (including phenoxy) is 2. The van der Waals surface area contributed by atoms with Gasteiger partial charge in [0.25, 0.3) is 11.8 Å². The molecule has 0 saturated carbocycles. The topological polar surface area (TPSA) is 135 Å². The van der Waals surface area contributed by atoms with Crippen molar-refractivity contribution in [3.63, 3.8) is 0 Å². The van der Waals surface area contributed by atoms with E-state index in [1.165, 1.54) is 24.8 Å². The molecule has 2 aromatic rings. The minimum atomic E-state index is -1.31. The largest absolute Gasteiger partial charge is 0.484 e. The number of β-lactam (4-membered cyclic amide) rings is 1. The second-order valence-electron chi connectivity index (χ2n) is 7.51. The van der Waals surface area contributed by atoms with Crippen LogP contribution < -0.4 is 10.1 Å². The molecule has 1 aromatic carbocycles. The molecule has 4 rings (SSSR count). The number of rotatable bonds is 8. The molecule has 13 heteroatoms. The molecule has 0 spiro atoms. The standard InChI is InChI=1S/C22H18Cl2N2O8S/c1-10(27)32-7-11-9-35-21-17(20(29)26(21)18(11)22(30)31)25-19(28)15-6-5-12(34-15)8-33-14-4-2-3-13(23)16(14)24/h2-6,17,21H,7-9H2,1H3,(H,25,28)(H,30,31)/t17-,21-/m1/s1. The number of carboxylic acid groups (broad SMARTS) is 1. The Labute approximate surface area is 213 Å². The Balaban J connectivity index is 1.39. The molecule has 2 aliphatic rings. The summed E-state index contributed by atoms with van der Waals surface area (Å²) in [6.07, 6.45) is 0. The maximum atomic E-state index is 12.7. The molecule has 184 valence electrons. The molecule has 2 N–H and O–H groups in total. The number of carbonyl (C=O) groups is 4. The summed E-state index contributed by atoms with van der Waals surface area (Å²) in [6, 6.07) is 6.98. The first kappa shape index (κ1) is 25.0. The highest BCUT2D eigenvalue weighted by molar-refractivity contribution is 8.00. The van der Waals surface area contributed by atoms with Crippen LogP contribution in [0.2, 0.25) is 10.0 Å². The third kappa shape index (κ3) is 5.12. The number of nitrogens with zero attached hydrogens (tertiary/aromatic N) is 1. The molecule has 1 fully saturated rings. The highest BCUT2D eigenvalue weighted by atomic mass is 35.5. The fraction of sp³-hybridized carbons (Fsp3) is 0.273. The molecule has 0 radical (unpaired) electrons. The van der Waals surface area contributed by atoms with Gasteiger partial charge in [-0.3, -0.25) is 19.3 Å². The van der Waals surface area contributed by atoms with Gasteiger partial charge in [-0.15, -0.1) is 11.8 Å². The molecule has 0 aliphatic carbocycles. The van der Waals surface area contributed by atoms with Crippen molar-refractivity contribution in [2.24, 2.45) is 0 Å². The van der Waals surface area contributed by atoms with Crippen LogP contribution in [0, 0.1) is 0 Å². The minimum absolute atomic E-state index is 0.0141. The van der Waals surface area contributed by atoms with Gasteiger partial charge in [0, 0.05) is 18.2 Å². The number of halogens is 2. The number of nitrogens with one attached hydrogen (secondary N) is 1. The van der Waals surface area contributed by atoms with Crippen LogP contribution in [0.4, 0.5) is 0 Å². The molecule has 2 atom stereocenters. The second-order valence-corrected chi connectivity index (χ2v) is 9.40. The molecule has 35 heavy (non-hydrogen) atoms. The van der Waals surface area contributed by atoms with E-state index in [4.69, 9.17) is 37.1 Å². The summed E-state index contributed by atoms with van der Waals surface area (Å²) in [5, 5.41) is 12.2. The highest BCUT2D eigenvalue weighted by Gasteiger charge is 2.54. The number of amides is 2. The number of esters is 1. The van der Waals surface area contributed by atoms with Crippen LogP contribution >= 0.6 is 35.0 Å². The van der Waals surface area contributed by atoms with Gasteiger partial charge in [0.05, 0.1) is 5.02 Å². The second kappa shape index (κ2) is 10.2. The Morgan fingerprint density at radius 1 is 1.23 bits per heavy atom. The third-order valence-corrected chi connectivity index (χ3v) is 7.30. The van der Waals surface area contributed by atoms with E-state index >= 15 is 0 Å². The Bertz CT molecular complexity index is 1240. The number of thioether (sulfide) groups is 1. The van der Waals surface area contributed by atoms with Crippen molar-refractivity contribution in [2.75, 3.05) is 12.4 Å². The Kier molecular flexibility index (Phi) is 7.29. The van der Waals surface area contributed by atoms with Gasteiger partial charge in [-0.1, -0.05) is 29.3 Å². The van der Waals surface area contributed by atoms with Gasteiger partial charge in [0.15, 0.2) is 5.76 Å². The zero-order valence-corrected chi connectivity index (χ0v) is 20.4. The molecule has 10 nitrogen and oxygen atoms in total. The molecule has 0 unspecified atom stereocenters. The fourth-order valence-electron chi connectivity index (χ4n) is 3.52. The number of benzene rings is 1. The van der Waals surface area contributed by atoms with Crippen LogP contribution in [0.3, 0.4) is 0 Å². The van der Waals surface area contributed by atoms with Gasteiger partial charge in [-0.05, 0) is 24.3 Å². The van der Waals surface area contributed by atoms with Crippen molar-refractivity contribution >= 4 is 58.7 Å². The number of fused-ring (bicyclic) bond motifs is 1. The molecule has 0 bridgehead atoms. The van der Waals surface area contributed by atoms with Gasteiger partial charge < -0.3 is 24.3 Å². The highest BCUT2D eigenvalue weighted by Crippen LogP contribution is 2.40. The maximum Gasteiger partial charge on any atom is 0.352 e. The van der Waals surface area contributed by atoms with Gasteiger partial charge >= 0.3 is 11.9 Å². The van der Waals surface area contributed by atoms with E-state index in [1.807, 2.05) is 0 Å². The molecular weight excluding hydrogens is 523 g/mol. The monoisotopic (exact) mass is 540 g/mol. The summed E-state index contributed by atoms with van der Waals surface area (Å²) < 4.78 is 16.0. The zero-order chi connectivity index (χ0) is 25.3. The molecule has 1 saturated heterocycles. The lowest BCUT2D eigenvalue weighted by Crippen LogP contribution is -2.70. The first-order valence-corrected chi connectivity index (χ1v) is 12.0. The Hall–Kier alpha value is -3.15. The number of aliphatic carboxylic acids is 1. The van der Waals surface area contributed by atoms with Crippen molar-refractivity contribution in [2.45, 2.75) is 24.9 Å². The summed E-state index contributed by atoms with van der Waals surface area (Å²) in [5.74, 6) is -2.22. The van der Waals surface area contributed by atoms with Crippen LogP contribution in [0.1, 0.15) is 23.2 Å². The van der Waals surface area contributed by atoms with E-state index in [0.29, 0.717) is 22.1 Å². The lowest BCUT2D eigenvalue weighted by molar-refractivity contribution is -0.149. The van der Waals surface area contributed by atoms with E-state index in [-0.39, 0.29) is 35.4 Å². The molecule has 3 heterocycles. The van der Waals surface area contributed by atoms with E-state index in [2.05, 4.69) is 5.32 Å². The quantitative estimate of drug-likeness (QED) is 0.382. The third-order valence-electron chi connectivity index (χ3n) is 5.16. The maximum absolute atomic E-state index is 12.7. The molecule has 1 aromatic heterocycles. The van der Waals surface area contributed by atoms with Crippen molar-refractivity contribution in [1.82, 2.24) is 10.2 Å². The lowest BCUT2D eigenvalue weighted by atomic mass is 10.0. The zero-order valence-electron chi connectivity index (χ0n) is 18.1. The lowest BCUT2D eigenvalue weighted by Gasteiger charge is -2.49. The first-order valence-electron chi connectivity index (χ1n) is 10.2. The van der Waals surface area contributed by atoms with E-state index in [0.717, 1.165) is 4.90 Å². The van der Waals surface area contributed by atoms with E-state index in [1.54, 1.807) is 24.3 Å². The Morgan fingerprint density at radius 3 is 2.71 bits per heavy atom. The summed E-state index contributed by atoms with van der Waals surface area (Å²) in [6.45, 7) is 0.966. The predicted octanol–water partition coefficient (Wildman–Crippen LogP) is 3.08. The van der Waals surface area contributed by atoms with Crippen LogP contribution in [0.5, 0.6) is 5.75 Å². The van der Waals surface area contributed by atoms with Crippen LogP contribution in [0.25, 0.3) is 0 Å². The SMILES string of the molecule is CC(=O)OCC1=C(C(=O)O)N2C(=O)[C@@H](NC(=O)c3ccc(COc4cccc(Cl)c4Cl)o3)[C@H]2SC1. The number of furan rings is 1. The molecule has 2 aliphatic heterocycles. The first-order chi connectivity index (χ1) is 16.7. The van der Waals surface area contributed by atoms with Gasteiger partial charge in [0.1, 0.15) is 46.9 Å². The average molecular weight is 541 g/mol. The van der Waals surface area contributed by atoms with Crippen molar-refractivity contribution < 1.29 is 38.2 Å². The van der Waals surface area contributed by atoms with Crippen molar-refractivity contribution in [1.29, 1.82) is 0 Å². The summed E-state index contributed by atoms with van der Waals surface area (Å²) in [4.78, 5) is 49.3. The summed E-state index contributed by atoms with van der Waals surface area (Å²) >= 11 is 13.3. The smallest absolute Gasteiger partial charge is 0.352 e. The van der Waals surface area contributed by atoms with Crippen LogP contribution in [0.15, 0.2) is 46.0 Å². The number of hydrogen-bond donors (Lipinski definition) is 2. The van der Waals surface area contributed by atoms with Gasteiger partial charge in [-0.25, -0.2) is 4.79 Å². The molecular formula is C22H18Cl2N2O8S. The van der Waals surface area contributed by atoms with Gasteiger partial charge in [-0.2, -0.15) is 0 Å². The van der Waals surface area contributed by atoms with E-state index in [9.17, 15) is 24.3 Å². The van der Waals surface area contributed by atoms with Crippen molar-refractivity contribution in [3.05, 3.63) is 63.2 Å². The van der Waals surface area contributed by atoms with Gasteiger partial charge in [0.2, 0.25) is 0 Å². The van der Waals surface area contributed by atoms with E-state index < -0.39 is 35.2 Å². The number of hydrogen-bond acceptors (Lipinski definition) is 8. The number of carboxylic acids is 1. The summed E-state index contributed by atoms with van der Waals surface area (Å²) in [7, 11) is 0. The molecule has 2 amide bonds. The Morgan fingerprint density at radius 2 is 2.00 bits per heavy atom. The van der Waals surface area contributed by atoms with Crippen molar-refractivity contribution in [3.8, 4) is 5.75 Å². The predicted molar refractivity (Wildman–Crippen MR) is 125 cm³/mol. The fourth-order valence-corrected chi connectivity index (χ4v) is 5.19. The summed E-state index contributed by atoms with van der Waals surface area (Å²) in [5.41, 5.74) is 0.0742. The average Bonchev–Trinajstić information content (AvgIpc) is 3.30. The minimum Gasteiger partial charge on any atom is -0.484 e.